The Hall–Kier alpha value is -1.13. The molecule has 4 heteroatoms. The smallest absolute Gasteiger partial charge is 0.146 e. The number of piperidine rings is 1. The Morgan fingerprint density at radius 3 is 2.70 bits per heavy atom. The Morgan fingerprint density at radius 2 is 2.00 bits per heavy atom. The van der Waals surface area contributed by atoms with Crippen LogP contribution in [0.2, 0.25) is 0 Å². The van der Waals surface area contributed by atoms with E-state index >= 15 is 0 Å². The molecule has 0 amide bonds. The van der Waals surface area contributed by atoms with Crippen molar-refractivity contribution in [1.29, 1.82) is 0 Å². The van der Waals surface area contributed by atoms with Crippen molar-refractivity contribution < 1.29 is 4.39 Å². The molecule has 112 valence electrons. The number of nitrogens with one attached hydrogen (secondary N) is 1. The zero-order chi connectivity index (χ0) is 14.4. The molecule has 0 spiro atoms. The van der Waals surface area contributed by atoms with Crippen LogP contribution in [0.3, 0.4) is 0 Å². The molecule has 0 aromatic heterocycles. The van der Waals surface area contributed by atoms with Gasteiger partial charge in [-0.1, -0.05) is 12.5 Å². The lowest BCUT2D eigenvalue weighted by Gasteiger charge is -2.27. The van der Waals surface area contributed by atoms with E-state index in [1.807, 2.05) is 31.1 Å². The van der Waals surface area contributed by atoms with Crippen LogP contribution >= 0.6 is 0 Å². The molecular weight excluding hydrogens is 253 g/mol. The van der Waals surface area contributed by atoms with Gasteiger partial charge in [0, 0.05) is 26.7 Å². The third-order valence-electron chi connectivity index (χ3n) is 3.97. The molecular formula is C16H26FN3. The van der Waals surface area contributed by atoms with Crippen molar-refractivity contribution in [1.82, 2.24) is 10.2 Å². The molecule has 0 radical (unpaired) electrons. The van der Waals surface area contributed by atoms with Gasteiger partial charge in [-0.05, 0) is 50.7 Å². The maximum Gasteiger partial charge on any atom is 0.146 e. The second-order valence-electron chi connectivity index (χ2n) is 5.65. The highest BCUT2D eigenvalue weighted by Crippen LogP contribution is 2.21. The van der Waals surface area contributed by atoms with Crippen molar-refractivity contribution in [3.8, 4) is 0 Å². The summed E-state index contributed by atoms with van der Waals surface area (Å²) >= 11 is 0. The topological polar surface area (TPSA) is 18.5 Å². The molecule has 0 unspecified atom stereocenters. The molecule has 1 aliphatic heterocycles. The number of anilines is 1. The third kappa shape index (κ3) is 4.18. The molecule has 2 rings (SSSR count). The number of benzene rings is 1. The summed E-state index contributed by atoms with van der Waals surface area (Å²) in [5.41, 5.74) is 1.91. The minimum absolute atomic E-state index is 0.133. The lowest BCUT2D eigenvalue weighted by molar-refractivity contribution is 0.221. The van der Waals surface area contributed by atoms with Gasteiger partial charge in [-0.15, -0.1) is 0 Å². The summed E-state index contributed by atoms with van der Waals surface area (Å²) in [6.07, 6.45) is 3.92. The molecule has 1 aliphatic rings. The molecule has 1 aromatic rings. The summed E-state index contributed by atoms with van der Waals surface area (Å²) in [7, 11) is 3.86. The quantitative estimate of drug-likeness (QED) is 0.863. The van der Waals surface area contributed by atoms with Crippen molar-refractivity contribution in [3.05, 3.63) is 29.6 Å². The average molecular weight is 279 g/mol. The highest BCUT2D eigenvalue weighted by Gasteiger charge is 2.13. The van der Waals surface area contributed by atoms with Gasteiger partial charge in [-0.2, -0.15) is 0 Å². The fourth-order valence-corrected chi connectivity index (χ4v) is 2.72. The van der Waals surface area contributed by atoms with E-state index in [0.717, 1.165) is 19.6 Å². The Balaban J connectivity index is 2.03. The molecule has 1 saturated heterocycles. The lowest BCUT2D eigenvalue weighted by atomic mass is 10.1. The van der Waals surface area contributed by atoms with Gasteiger partial charge in [0.1, 0.15) is 5.82 Å². The summed E-state index contributed by atoms with van der Waals surface area (Å²) in [5.74, 6) is -0.133. The Labute approximate surface area is 121 Å². The highest BCUT2D eigenvalue weighted by molar-refractivity contribution is 5.49. The van der Waals surface area contributed by atoms with Crippen molar-refractivity contribution in [3.63, 3.8) is 0 Å². The first-order valence-corrected chi connectivity index (χ1v) is 7.57. The molecule has 1 fully saturated rings. The molecule has 1 N–H and O–H groups in total. The summed E-state index contributed by atoms with van der Waals surface area (Å²) in [5, 5.41) is 3.10. The van der Waals surface area contributed by atoms with Crippen molar-refractivity contribution in [2.75, 3.05) is 45.2 Å². The first kappa shape index (κ1) is 15.3. The first-order chi connectivity index (χ1) is 9.70. The van der Waals surface area contributed by atoms with Gasteiger partial charge in [0.25, 0.3) is 0 Å². The predicted octanol–water partition coefficient (Wildman–Crippen LogP) is 2.47. The van der Waals surface area contributed by atoms with Crippen LogP contribution in [-0.4, -0.2) is 45.2 Å². The molecule has 3 nitrogen and oxygen atoms in total. The predicted molar refractivity (Wildman–Crippen MR) is 82.7 cm³/mol. The van der Waals surface area contributed by atoms with E-state index in [-0.39, 0.29) is 5.82 Å². The Bertz CT molecular complexity index is 416. The summed E-state index contributed by atoms with van der Waals surface area (Å²) in [4.78, 5) is 4.44. The van der Waals surface area contributed by atoms with Gasteiger partial charge in [-0.25, -0.2) is 4.39 Å². The van der Waals surface area contributed by atoms with E-state index < -0.39 is 0 Å². The number of likely N-dealkylation sites (N-methyl/N-ethyl adjacent to an activating group) is 2. The summed E-state index contributed by atoms with van der Waals surface area (Å²) in [6, 6.07) is 5.52. The number of nitrogens with zero attached hydrogens (tertiary/aromatic N) is 2. The number of halogens is 1. The van der Waals surface area contributed by atoms with Gasteiger partial charge in [-0.3, -0.25) is 4.90 Å². The second kappa shape index (κ2) is 7.60. The van der Waals surface area contributed by atoms with E-state index in [1.165, 1.54) is 37.9 Å². The normalized spacial score (nSPS) is 16.4. The first-order valence-electron chi connectivity index (χ1n) is 7.57. The maximum atomic E-state index is 14.0. The van der Waals surface area contributed by atoms with Crippen molar-refractivity contribution in [2.24, 2.45) is 0 Å². The van der Waals surface area contributed by atoms with Gasteiger partial charge in [0.15, 0.2) is 0 Å². The molecule has 1 heterocycles. The fourth-order valence-electron chi connectivity index (χ4n) is 2.72. The summed E-state index contributed by atoms with van der Waals surface area (Å²) < 4.78 is 14.0. The van der Waals surface area contributed by atoms with Crippen molar-refractivity contribution in [2.45, 2.75) is 25.8 Å². The van der Waals surface area contributed by atoms with Crippen LogP contribution in [-0.2, 0) is 6.54 Å². The van der Waals surface area contributed by atoms with Gasteiger partial charge in [0.2, 0.25) is 0 Å². The molecule has 0 bridgehead atoms. The van der Waals surface area contributed by atoms with Crippen molar-refractivity contribution >= 4 is 5.69 Å². The largest absolute Gasteiger partial charge is 0.371 e. The van der Waals surface area contributed by atoms with E-state index in [4.69, 9.17) is 0 Å². The van der Waals surface area contributed by atoms with Gasteiger partial charge >= 0.3 is 0 Å². The minimum Gasteiger partial charge on any atom is -0.371 e. The maximum absolute atomic E-state index is 14.0. The fraction of sp³-hybridized carbons (Fsp3) is 0.625. The van der Waals surface area contributed by atoms with E-state index in [2.05, 4.69) is 10.2 Å². The summed E-state index contributed by atoms with van der Waals surface area (Å²) in [6.45, 7) is 4.94. The zero-order valence-corrected chi connectivity index (χ0v) is 12.7. The van der Waals surface area contributed by atoms with Crippen LogP contribution < -0.4 is 10.2 Å². The minimum atomic E-state index is -0.133. The van der Waals surface area contributed by atoms with E-state index in [9.17, 15) is 4.39 Å². The monoisotopic (exact) mass is 279 g/mol. The standard InChI is InChI=1S/C16H26FN3/c1-18-8-11-19(2)16-12-14(6-7-15(16)17)13-20-9-4-3-5-10-20/h6-7,12,18H,3-5,8-11,13H2,1-2H3. The van der Waals surface area contributed by atoms with Crippen LogP contribution in [0.15, 0.2) is 18.2 Å². The van der Waals surface area contributed by atoms with Crippen LogP contribution in [0.5, 0.6) is 0 Å². The van der Waals surface area contributed by atoms with E-state index in [0.29, 0.717) is 5.69 Å². The number of likely N-dealkylation sites (tertiary alicyclic amines) is 1. The molecule has 20 heavy (non-hydrogen) atoms. The molecule has 1 aromatic carbocycles. The second-order valence-corrected chi connectivity index (χ2v) is 5.65. The van der Waals surface area contributed by atoms with Crippen LogP contribution in [0.1, 0.15) is 24.8 Å². The molecule has 0 atom stereocenters. The molecule has 0 saturated carbocycles. The van der Waals surface area contributed by atoms with E-state index in [1.54, 1.807) is 6.07 Å². The lowest BCUT2D eigenvalue weighted by Crippen LogP contribution is -2.30. The van der Waals surface area contributed by atoms with Crippen LogP contribution in [0.4, 0.5) is 10.1 Å². The average Bonchev–Trinajstić information content (AvgIpc) is 2.48. The molecule has 0 aliphatic carbocycles. The number of hydrogen-bond donors (Lipinski definition) is 1. The van der Waals surface area contributed by atoms with Gasteiger partial charge in [0.05, 0.1) is 5.69 Å². The number of hydrogen-bond acceptors (Lipinski definition) is 3. The van der Waals surface area contributed by atoms with Gasteiger partial charge < -0.3 is 10.2 Å². The highest BCUT2D eigenvalue weighted by atomic mass is 19.1. The third-order valence-corrected chi connectivity index (χ3v) is 3.97. The van der Waals surface area contributed by atoms with Crippen LogP contribution in [0, 0.1) is 5.82 Å². The Morgan fingerprint density at radius 1 is 1.25 bits per heavy atom. The Kier molecular flexibility index (Phi) is 5.80. The number of rotatable bonds is 6. The zero-order valence-electron chi connectivity index (χ0n) is 12.7. The van der Waals surface area contributed by atoms with Crippen LogP contribution in [0.25, 0.3) is 0 Å². The SMILES string of the molecule is CNCCN(C)c1cc(CN2CCCCC2)ccc1F.